The molecule has 0 saturated heterocycles. The molecule has 0 heterocycles. The number of unbranched alkanes of at least 4 members (excludes halogenated alkanes) is 1. The van der Waals surface area contributed by atoms with Gasteiger partial charge in [-0.3, -0.25) is 0 Å². The first-order valence-electron chi connectivity index (χ1n) is 8.22. The molecule has 134 valence electrons. The molecule has 23 heavy (non-hydrogen) atoms. The Kier molecular flexibility index (Phi) is 11.6. The number of carbonyl (C=O) groups is 1. The highest BCUT2D eigenvalue weighted by Gasteiger charge is 2.23. The van der Waals surface area contributed by atoms with E-state index in [0.29, 0.717) is 6.61 Å². The fraction of sp³-hybridized carbons (Fsp3) is 0.722. The van der Waals surface area contributed by atoms with Gasteiger partial charge in [-0.1, -0.05) is 60.6 Å². The van der Waals surface area contributed by atoms with Crippen LogP contribution in [-0.2, 0) is 9.47 Å². The third-order valence-electron chi connectivity index (χ3n) is 3.23. The Hall–Kier alpha value is -0.560. The third-order valence-corrected chi connectivity index (χ3v) is 3.65. The average molecular weight is 437 g/mol. The number of hydrogen-bond donors (Lipinski definition) is 1. The van der Waals surface area contributed by atoms with E-state index in [9.17, 15) is 4.79 Å². The summed E-state index contributed by atoms with van der Waals surface area (Å²) >= 11 is 2.19. The molecule has 4 nitrogen and oxygen atoms in total. The van der Waals surface area contributed by atoms with Crippen molar-refractivity contribution in [3.63, 3.8) is 0 Å². The lowest BCUT2D eigenvalue weighted by Gasteiger charge is -2.27. The van der Waals surface area contributed by atoms with E-state index >= 15 is 0 Å². The maximum atomic E-state index is 12.1. The molecule has 0 aromatic rings. The Morgan fingerprint density at radius 3 is 2.52 bits per heavy atom. The normalized spacial score (nSPS) is 15.5. The first-order valence-corrected chi connectivity index (χ1v) is 9.46. The summed E-state index contributed by atoms with van der Waals surface area (Å²) in [6, 6.07) is -0.106. The predicted octanol–water partition coefficient (Wildman–Crippen LogP) is 5.23. The van der Waals surface area contributed by atoms with E-state index in [4.69, 9.17) is 9.47 Å². The van der Waals surface area contributed by atoms with E-state index in [-0.39, 0.29) is 12.0 Å². The molecule has 1 N–H and O–H groups in total. The minimum Gasteiger partial charge on any atom is -0.444 e. The second-order valence-electron chi connectivity index (χ2n) is 6.68. The zero-order chi connectivity index (χ0) is 17.9. The van der Waals surface area contributed by atoms with Crippen LogP contribution in [0.5, 0.6) is 0 Å². The Labute approximate surface area is 155 Å². The Morgan fingerprint density at radius 2 is 2.00 bits per heavy atom. The molecule has 0 fully saturated rings. The highest BCUT2D eigenvalue weighted by molar-refractivity contribution is 14.1. The smallest absolute Gasteiger partial charge is 0.408 e. The summed E-state index contributed by atoms with van der Waals surface area (Å²) in [6.45, 7) is 13.2. The van der Waals surface area contributed by atoms with Gasteiger partial charge in [0.1, 0.15) is 5.60 Å². The van der Waals surface area contributed by atoms with Gasteiger partial charge in [-0.15, -0.1) is 0 Å². The van der Waals surface area contributed by atoms with E-state index in [0.717, 1.165) is 25.0 Å². The molecule has 0 rings (SSSR count). The van der Waals surface area contributed by atoms with Gasteiger partial charge in [-0.2, -0.15) is 0 Å². The number of alkyl carbamates (subject to hydrolysis) is 1. The van der Waals surface area contributed by atoms with Gasteiger partial charge in [0.15, 0.2) is 0 Å². The fourth-order valence-corrected chi connectivity index (χ4v) is 2.62. The highest BCUT2D eigenvalue weighted by Crippen LogP contribution is 2.16. The Balaban J connectivity index is 4.79. The van der Waals surface area contributed by atoms with Crippen LogP contribution in [0.1, 0.15) is 54.4 Å². The number of hydrogen-bond acceptors (Lipinski definition) is 3. The molecule has 0 aliphatic heterocycles. The molecular weight excluding hydrogens is 405 g/mol. The van der Waals surface area contributed by atoms with Gasteiger partial charge in [-0.25, -0.2) is 4.79 Å². The summed E-state index contributed by atoms with van der Waals surface area (Å²) in [6.07, 6.45) is 5.91. The zero-order valence-electron chi connectivity index (χ0n) is 15.3. The number of nitrogens with one attached hydrogen (secondary N) is 1. The monoisotopic (exact) mass is 437 g/mol. The lowest BCUT2D eigenvalue weighted by molar-refractivity contribution is 0.0503. The van der Waals surface area contributed by atoms with Crippen LogP contribution in [0.4, 0.5) is 4.79 Å². The third kappa shape index (κ3) is 11.6. The second-order valence-corrected chi connectivity index (χ2v) is 7.40. The number of amides is 1. The quantitative estimate of drug-likeness (QED) is 0.305. The molecule has 0 aromatic carbocycles. The van der Waals surface area contributed by atoms with Crippen molar-refractivity contribution < 1.29 is 14.3 Å². The van der Waals surface area contributed by atoms with Crippen LogP contribution in [0.25, 0.3) is 0 Å². The summed E-state index contributed by atoms with van der Waals surface area (Å²) in [5.74, 6) is 0.173. The van der Waals surface area contributed by atoms with Crippen LogP contribution < -0.4 is 5.32 Å². The van der Waals surface area contributed by atoms with Gasteiger partial charge in [0, 0.05) is 6.61 Å². The minimum absolute atomic E-state index is 0.106. The van der Waals surface area contributed by atoms with Crippen LogP contribution >= 0.6 is 22.6 Å². The molecular formula is C18H32INO3. The summed E-state index contributed by atoms with van der Waals surface area (Å²) in [7, 11) is 0. The molecule has 0 unspecified atom stereocenters. The van der Waals surface area contributed by atoms with Crippen molar-refractivity contribution in [2.45, 2.75) is 66.0 Å². The minimum atomic E-state index is -0.502. The van der Waals surface area contributed by atoms with Crippen molar-refractivity contribution in [2.75, 3.05) is 13.2 Å². The molecule has 5 heteroatoms. The van der Waals surface area contributed by atoms with Gasteiger partial charge in [0.2, 0.25) is 0 Å². The number of rotatable bonds is 9. The SMILES string of the molecule is CCCCOC/C=C(\C)[C@@H](NC(=O)OC(C)(C)C)[C@@H](C)/C=C/I. The first kappa shape index (κ1) is 22.4. The molecule has 0 aliphatic rings. The molecule has 1 amide bonds. The van der Waals surface area contributed by atoms with Crippen molar-refractivity contribution in [3.05, 3.63) is 21.8 Å². The van der Waals surface area contributed by atoms with Crippen LogP contribution in [0.3, 0.4) is 0 Å². The van der Waals surface area contributed by atoms with Gasteiger partial charge in [0.25, 0.3) is 0 Å². The lowest BCUT2D eigenvalue weighted by atomic mass is 9.95. The molecule has 0 spiro atoms. The van der Waals surface area contributed by atoms with Crippen LogP contribution in [0, 0.1) is 5.92 Å². The van der Waals surface area contributed by atoms with Crippen LogP contribution in [-0.4, -0.2) is 30.9 Å². The summed E-state index contributed by atoms with van der Waals surface area (Å²) in [5.41, 5.74) is 0.576. The molecule has 0 aromatic heterocycles. The van der Waals surface area contributed by atoms with Crippen LogP contribution in [0.15, 0.2) is 21.8 Å². The summed E-state index contributed by atoms with van der Waals surface area (Å²) in [5, 5.41) is 2.97. The van der Waals surface area contributed by atoms with Crippen molar-refractivity contribution in [2.24, 2.45) is 5.92 Å². The van der Waals surface area contributed by atoms with Crippen molar-refractivity contribution >= 4 is 28.7 Å². The standard InChI is InChI=1S/C18H32INO3/c1-7-8-12-22-13-10-15(3)16(14(2)9-11-19)20-17(21)23-18(4,5)6/h9-11,14,16H,7-8,12-13H2,1-6H3,(H,20,21)/b11-9+,15-10+/t14-,16-/m0/s1. The highest BCUT2D eigenvalue weighted by atomic mass is 127. The van der Waals surface area contributed by atoms with Gasteiger partial charge in [0.05, 0.1) is 12.6 Å². The van der Waals surface area contributed by atoms with E-state index < -0.39 is 11.7 Å². The number of ether oxygens (including phenoxy) is 2. The molecule has 2 atom stereocenters. The molecule has 0 radical (unpaired) electrons. The van der Waals surface area contributed by atoms with E-state index in [2.05, 4.69) is 47.8 Å². The zero-order valence-corrected chi connectivity index (χ0v) is 17.5. The Morgan fingerprint density at radius 1 is 1.35 bits per heavy atom. The van der Waals surface area contributed by atoms with Crippen LogP contribution in [0.2, 0.25) is 0 Å². The second kappa shape index (κ2) is 11.9. The molecule has 0 bridgehead atoms. The number of halogens is 1. The first-order chi connectivity index (χ1) is 10.7. The number of carbonyl (C=O) groups excluding carboxylic acids is 1. The van der Waals surface area contributed by atoms with Crippen molar-refractivity contribution in [3.8, 4) is 0 Å². The van der Waals surface area contributed by atoms with Crippen molar-refractivity contribution in [1.82, 2.24) is 5.32 Å². The average Bonchev–Trinajstić information content (AvgIpc) is 2.42. The maximum absolute atomic E-state index is 12.1. The van der Waals surface area contributed by atoms with Gasteiger partial charge < -0.3 is 14.8 Å². The van der Waals surface area contributed by atoms with E-state index in [1.807, 2.05) is 37.9 Å². The molecule has 0 saturated carbocycles. The molecule has 0 aliphatic carbocycles. The fourth-order valence-electron chi connectivity index (χ4n) is 1.97. The predicted molar refractivity (Wildman–Crippen MR) is 105 cm³/mol. The van der Waals surface area contributed by atoms with Crippen molar-refractivity contribution in [1.29, 1.82) is 0 Å². The maximum Gasteiger partial charge on any atom is 0.408 e. The largest absolute Gasteiger partial charge is 0.444 e. The van der Waals surface area contributed by atoms with E-state index in [1.165, 1.54) is 0 Å². The van der Waals surface area contributed by atoms with E-state index in [1.54, 1.807) is 0 Å². The van der Waals surface area contributed by atoms with Gasteiger partial charge in [-0.05, 0) is 44.1 Å². The summed E-state index contributed by atoms with van der Waals surface area (Å²) in [4.78, 5) is 12.1. The Bertz CT molecular complexity index is 400. The lowest BCUT2D eigenvalue weighted by Crippen LogP contribution is -2.42. The topological polar surface area (TPSA) is 47.6 Å². The van der Waals surface area contributed by atoms with Gasteiger partial charge >= 0.3 is 6.09 Å². The summed E-state index contributed by atoms with van der Waals surface area (Å²) < 4.78 is 12.9.